The molecule has 5 nitrogen and oxygen atoms in total. The summed E-state index contributed by atoms with van der Waals surface area (Å²) in [4.78, 5) is 32.2. The largest absolute Gasteiger partial charge is 0.369 e. The first-order chi connectivity index (χ1) is 12.5. The maximum absolute atomic E-state index is 12.9. The molecule has 26 heavy (non-hydrogen) atoms. The van der Waals surface area contributed by atoms with E-state index in [1.165, 1.54) is 11.3 Å². The number of carbonyl (C=O) groups is 1. The van der Waals surface area contributed by atoms with Gasteiger partial charge in [0.2, 0.25) is 0 Å². The Hall–Kier alpha value is -2.56. The number of amides is 1. The van der Waals surface area contributed by atoms with Crippen LogP contribution in [-0.2, 0) is 0 Å². The summed E-state index contributed by atoms with van der Waals surface area (Å²) in [5.74, 6) is 0.0564. The van der Waals surface area contributed by atoms with Gasteiger partial charge in [0.25, 0.3) is 11.5 Å². The number of rotatable bonds is 3. The highest BCUT2D eigenvalue weighted by atomic mass is 16.2. The number of H-pyrrole nitrogens is 1. The molecule has 138 valence electrons. The highest BCUT2D eigenvalue weighted by molar-refractivity contribution is 5.93. The Morgan fingerprint density at radius 3 is 2.50 bits per heavy atom. The van der Waals surface area contributed by atoms with Gasteiger partial charge >= 0.3 is 0 Å². The Bertz CT molecular complexity index is 841. The minimum atomic E-state index is -0.291. The molecular formula is C21H27N3O2. The molecule has 0 spiro atoms. The van der Waals surface area contributed by atoms with Crippen LogP contribution in [-0.4, -0.2) is 42.0 Å². The molecule has 0 aliphatic carbocycles. The Balaban J connectivity index is 1.74. The average Bonchev–Trinajstić information content (AvgIpc) is 2.87. The van der Waals surface area contributed by atoms with E-state index in [1.54, 1.807) is 11.0 Å². The zero-order valence-electron chi connectivity index (χ0n) is 15.8. The van der Waals surface area contributed by atoms with Gasteiger partial charge in [-0.3, -0.25) is 9.59 Å². The fourth-order valence-electron chi connectivity index (χ4n) is 3.44. The molecule has 1 aliphatic heterocycles. The molecule has 3 rings (SSSR count). The molecule has 1 aromatic heterocycles. The van der Waals surface area contributed by atoms with Crippen LogP contribution in [0, 0.1) is 6.92 Å². The molecule has 0 unspecified atom stereocenters. The lowest BCUT2D eigenvalue weighted by Gasteiger charge is -2.25. The first kappa shape index (κ1) is 18.2. The van der Waals surface area contributed by atoms with Crippen molar-refractivity contribution in [3.63, 3.8) is 0 Å². The molecule has 0 atom stereocenters. The van der Waals surface area contributed by atoms with Crippen molar-refractivity contribution in [2.75, 3.05) is 31.1 Å². The maximum atomic E-state index is 12.9. The summed E-state index contributed by atoms with van der Waals surface area (Å²) >= 11 is 0. The highest BCUT2D eigenvalue weighted by Gasteiger charge is 2.23. The molecule has 2 heterocycles. The minimum absolute atomic E-state index is 0.173. The van der Waals surface area contributed by atoms with Gasteiger partial charge in [0.15, 0.2) is 0 Å². The van der Waals surface area contributed by atoms with E-state index in [9.17, 15) is 9.59 Å². The number of pyridine rings is 1. The van der Waals surface area contributed by atoms with Crippen molar-refractivity contribution in [3.8, 4) is 0 Å². The zero-order chi connectivity index (χ0) is 18.7. The van der Waals surface area contributed by atoms with Gasteiger partial charge in [-0.25, -0.2) is 0 Å². The number of hydrogen-bond donors (Lipinski definition) is 1. The van der Waals surface area contributed by atoms with Crippen molar-refractivity contribution in [2.24, 2.45) is 0 Å². The number of anilines is 1. The fourth-order valence-corrected chi connectivity index (χ4v) is 3.44. The van der Waals surface area contributed by atoms with Gasteiger partial charge < -0.3 is 14.8 Å². The molecule has 1 fully saturated rings. The van der Waals surface area contributed by atoms with Gasteiger partial charge in [0.1, 0.15) is 5.56 Å². The van der Waals surface area contributed by atoms with Gasteiger partial charge in [-0.2, -0.15) is 0 Å². The lowest BCUT2D eigenvalue weighted by molar-refractivity contribution is 0.0765. The van der Waals surface area contributed by atoms with Gasteiger partial charge in [-0.15, -0.1) is 0 Å². The number of aromatic nitrogens is 1. The first-order valence-electron chi connectivity index (χ1n) is 9.30. The van der Waals surface area contributed by atoms with Gasteiger partial charge in [0.05, 0.1) is 0 Å². The van der Waals surface area contributed by atoms with E-state index in [2.05, 4.69) is 28.9 Å². The number of nitrogens with one attached hydrogen (secondary N) is 1. The number of benzene rings is 1. The Morgan fingerprint density at radius 1 is 1.04 bits per heavy atom. The summed E-state index contributed by atoms with van der Waals surface area (Å²) < 4.78 is 0. The predicted octanol–water partition coefficient (Wildman–Crippen LogP) is 3.16. The van der Waals surface area contributed by atoms with Gasteiger partial charge in [-0.1, -0.05) is 32.0 Å². The van der Waals surface area contributed by atoms with Crippen LogP contribution in [0.5, 0.6) is 0 Å². The number of para-hydroxylation sites is 1. The van der Waals surface area contributed by atoms with E-state index >= 15 is 0 Å². The van der Waals surface area contributed by atoms with Crippen molar-refractivity contribution in [1.82, 2.24) is 9.88 Å². The zero-order valence-corrected chi connectivity index (χ0v) is 15.8. The van der Waals surface area contributed by atoms with Crippen LogP contribution in [0.1, 0.15) is 47.8 Å². The molecule has 1 amide bonds. The Kier molecular flexibility index (Phi) is 5.45. The third-order valence-electron chi connectivity index (χ3n) is 5.02. The molecule has 1 N–H and O–H groups in total. The number of carbonyl (C=O) groups excluding carboxylic acids is 1. The molecular weight excluding hydrogens is 326 g/mol. The molecule has 5 heteroatoms. The van der Waals surface area contributed by atoms with Crippen molar-refractivity contribution in [2.45, 2.75) is 33.1 Å². The van der Waals surface area contributed by atoms with Crippen molar-refractivity contribution >= 4 is 11.6 Å². The second-order valence-electron chi connectivity index (χ2n) is 7.23. The minimum Gasteiger partial charge on any atom is -0.369 e. The number of aryl methyl sites for hydroxylation is 1. The molecule has 1 aliphatic rings. The predicted molar refractivity (Wildman–Crippen MR) is 105 cm³/mol. The summed E-state index contributed by atoms with van der Waals surface area (Å²) in [7, 11) is 0. The number of hydrogen-bond acceptors (Lipinski definition) is 3. The van der Waals surface area contributed by atoms with Gasteiger partial charge in [-0.05, 0) is 43.0 Å². The van der Waals surface area contributed by atoms with Crippen LogP contribution >= 0.6 is 0 Å². The van der Waals surface area contributed by atoms with E-state index in [1.807, 2.05) is 32.0 Å². The highest BCUT2D eigenvalue weighted by Crippen LogP contribution is 2.21. The summed E-state index contributed by atoms with van der Waals surface area (Å²) in [5.41, 5.74) is 3.27. The Morgan fingerprint density at radius 2 is 1.81 bits per heavy atom. The third kappa shape index (κ3) is 3.82. The van der Waals surface area contributed by atoms with Crippen molar-refractivity contribution < 1.29 is 4.79 Å². The molecule has 0 saturated carbocycles. The smallest absolute Gasteiger partial charge is 0.261 e. The van der Waals surface area contributed by atoms with Crippen LogP contribution in [0.25, 0.3) is 0 Å². The maximum Gasteiger partial charge on any atom is 0.261 e. The van der Waals surface area contributed by atoms with Crippen LogP contribution in [0.15, 0.2) is 41.2 Å². The normalized spacial score (nSPS) is 15.2. The van der Waals surface area contributed by atoms with E-state index in [0.29, 0.717) is 13.1 Å². The first-order valence-corrected chi connectivity index (χ1v) is 9.30. The van der Waals surface area contributed by atoms with Crippen LogP contribution < -0.4 is 10.5 Å². The summed E-state index contributed by atoms with van der Waals surface area (Å²) in [6, 6.07) is 11.8. The summed E-state index contributed by atoms with van der Waals surface area (Å²) in [5, 5.41) is 0. The third-order valence-corrected chi connectivity index (χ3v) is 5.02. The summed E-state index contributed by atoms with van der Waals surface area (Å²) in [6.45, 7) is 9.13. The lowest BCUT2D eigenvalue weighted by atomic mass is 10.1. The Labute approximate surface area is 154 Å². The number of aromatic amines is 1. The molecule has 1 aromatic carbocycles. The topological polar surface area (TPSA) is 56.4 Å². The van der Waals surface area contributed by atoms with Gasteiger partial charge in [0, 0.05) is 37.6 Å². The van der Waals surface area contributed by atoms with Crippen LogP contribution in [0.4, 0.5) is 5.69 Å². The van der Waals surface area contributed by atoms with Crippen molar-refractivity contribution in [3.05, 3.63) is 63.6 Å². The average molecular weight is 353 g/mol. The quantitative estimate of drug-likeness (QED) is 0.922. The molecule has 0 bridgehead atoms. The SMILES string of the molecule is Cc1ccccc1N1CCCN(C(=O)c2ccc(C(C)C)[nH]c2=O)CC1. The second kappa shape index (κ2) is 7.77. The second-order valence-corrected chi connectivity index (χ2v) is 7.23. The molecule has 2 aromatic rings. The van der Waals surface area contributed by atoms with E-state index in [-0.39, 0.29) is 22.9 Å². The van der Waals surface area contributed by atoms with E-state index in [4.69, 9.17) is 0 Å². The molecule has 1 saturated heterocycles. The van der Waals surface area contributed by atoms with Crippen LogP contribution in [0.3, 0.4) is 0 Å². The molecule has 0 radical (unpaired) electrons. The monoisotopic (exact) mass is 353 g/mol. The van der Waals surface area contributed by atoms with E-state index in [0.717, 1.165) is 25.2 Å². The van der Waals surface area contributed by atoms with Crippen molar-refractivity contribution in [1.29, 1.82) is 0 Å². The lowest BCUT2D eigenvalue weighted by Crippen LogP contribution is -2.38. The van der Waals surface area contributed by atoms with Crippen LogP contribution in [0.2, 0.25) is 0 Å². The van der Waals surface area contributed by atoms with E-state index < -0.39 is 0 Å². The number of nitrogens with zero attached hydrogens (tertiary/aromatic N) is 2. The summed E-state index contributed by atoms with van der Waals surface area (Å²) in [6.07, 6.45) is 0.891. The fraction of sp³-hybridized carbons (Fsp3) is 0.429. The standard InChI is InChI=1S/C21H27N3O2/c1-15(2)18-10-9-17(20(25)22-18)21(26)24-12-6-11-23(13-14-24)19-8-5-4-7-16(19)3/h4-5,7-10,15H,6,11-14H2,1-3H3,(H,22,25).